The maximum absolute atomic E-state index is 10.8. The van der Waals surface area contributed by atoms with Crippen molar-refractivity contribution in [3.63, 3.8) is 0 Å². The molecule has 0 aromatic heterocycles. The fourth-order valence-electron chi connectivity index (χ4n) is 2.04. The van der Waals surface area contributed by atoms with Gasteiger partial charge in [-0.3, -0.25) is 0 Å². The molecule has 0 saturated carbocycles. The summed E-state index contributed by atoms with van der Waals surface area (Å²) in [6, 6.07) is 7.28. The molecule has 1 aromatic rings. The van der Waals surface area contributed by atoms with Crippen molar-refractivity contribution in [3.05, 3.63) is 29.3 Å². The Morgan fingerprint density at radius 2 is 1.94 bits per heavy atom. The van der Waals surface area contributed by atoms with Gasteiger partial charge in [-0.1, -0.05) is 11.6 Å². The third-order valence-electron chi connectivity index (χ3n) is 3.18. The topological polar surface area (TPSA) is 49.8 Å². The van der Waals surface area contributed by atoms with Gasteiger partial charge < -0.3 is 14.7 Å². The third kappa shape index (κ3) is 3.53. The lowest BCUT2D eigenvalue weighted by Crippen LogP contribution is -2.38. The summed E-state index contributed by atoms with van der Waals surface area (Å²) < 4.78 is 5.67. The molecule has 1 saturated heterocycles. The van der Waals surface area contributed by atoms with Crippen molar-refractivity contribution in [2.75, 3.05) is 19.7 Å². The molecule has 0 aliphatic carbocycles. The van der Waals surface area contributed by atoms with Gasteiger partial charge in [0.2, 0.25) is 0 Å². The van der Waals surface area contributed by atoms with E-state index < -0.39 is 6.09 Å². The van der Waals surface area contributed by atoms with Crippen molar-refractivity contribution >= 4 is 17.7 Å². The summed E-state index contributed by atoms with van der Waals surface area (Å²) in [6.45, 7) is 1.84. The molecule has 98 valence electrons. The number of nitrogens with zero attached hydrogens (tertiary/aromatic N) is 1. The van der Waals surface area contributed by atoms with Crippen LogP contribution >= 0.6 is 11.6 Å². The van der Waals surface area contributed by atoms with Crippen LogP contribution in [0.15, 0.2) is 24.3 Å². The normalized spacial score (nSPS) is 16.6. The Bertz CT molecular complexity index is 399. The average Bonchev–Trinajstić information content (AvgIpc) is 2.38. The number of rotatable bonds is 3. The van der Waals surface area contributed by atoms with Crippen LogP contribution in [-0.4, -0.2) is 35.8 Å². The van der Waals surface area contributed by atoms with Crippen LogP contribution in [-0.2, 0) is 0 Å². The van der Waals surface area contributed by atoms with Gasteiger partial charge in [0.25, 0.3) is 0 Å². The average molecular weight is 270 g/mol. The van der Waals surface area contributed by atoms with Gasteiger partial charge in [-0.15, -0.1) is 0 Å². The number of hydrogen-bond donors (Lipinski definition) is 1. The van der Waals surface area contributed by atoms with Crippen LogP contribution in [0.25, 0.3) is 0 Å². The minimum Gasteiger partial charge on any atom is -0.493 e. The van der Waals surface area contributed by atoms with Gasteiger partial charge in [0.05, 0.1) is 6.61 Å². The van der Waals surface area contributed by atoms with Crippen LogP contribution in [0.2, 0.25) is 5.02 Å². The number of carboxylic acid groups (broad SMARTS) is 1. The molecule has 1 fully saturated rings. The summed E-state index contributed by atoms with van der Waals surface area (Å²) in [5.74, 6) is 1.23. The molecule has 5 heteroatoms. The van der Waals surface area contributed by atoms with E-state index in [1.165, 1.54) is 4.90 Å². The summed E-state index contributed by atoms with van der Waals surface area (Å²) in [4.78, 5) is 12.2. The first-order valence-electron chi connectivity index (χ1n) is 6.01. The first-order chi connectivity index (χ1) is 8.65. The van der Waals surface area contributed by atoms with Gasteiger partial charge in [0.1, 0.15) is 5.75 Å². The van der Waals surface area contributed by atoms with Crippen LogP contribution in [0.1, 0.15) is 12.8 Å². The number of benzene rings is 1. The van der Waals surface area contributed by atoms with E-state index in [9.17, 15) is 4.79 Å². The third-order valence-corrected chi connectivity index (χ3v) is 3.44. The zero-order chi connectivity index (χ0) is 13.0. The van der Waals surface area contributed by atoms with E-state index in [1.54, 1.807) is 12.1 Å². The molecule has 1 aromatic carbocycles. The highest BCUT2D eigenvalue weighted by atomic mass is 35.5. The molecule has 1 aliphatic rings. The summed E-state index contributed by atoms with van der Waals surface area (Å²) in [5.41, 5.74) is 0. The van der Waals surface area contributed by atoms with Gasteiger partial charge in [0, 0.05) is 18.1 Å². The van der Waals surface area contributed by atoms with E-state index >= 15 is 0 Å². The Kier molecular flexibility index (Phi) is 4.31. The maximum Gasteiger partial charge on any atom is 0.407 e. The lowest BCUT2D eigenvalue weighted by Gasteiger charge is -2.29. The van der Waals surface area contributed by atoms with E-state index in [0.717, 1.165) is 18.6 Å². The highest BCUT2D eigenvalue weighted by Gasteiger charge is 2.22. The molecule has 0 atom stereocenters. The second kappa shape index (κ2) is 5.96. The van der Waals surface area contributed by atoms with Gasteiger partial charge in [-0.05, 0) is 43.0 Å². The zero-order valence-electron chi connectivity index (χ0n) is 10.0. The van der Waals surface area contributed by atoms with Gasteiger partial charge in [0.15, 0.2) is 0 Å². The van der Waals surface area contributed by atoms with Gasteiger partial charge >= 0.3 is 6.09 Å². The predicted octanol–water partition coefficient (Wildman–Crippen LogP) is 3.11. The minimum absolute atomic E-state index is 0.427. The number of ether oxygens (including phenoxy) is 1. The van der Waals surface area contributed by atoms with E-state index in [4.69, 9.17) is 21.4 Å². The fraction of sp³-hybridized carbons (Fsp3) is 0.462. The molecule has 1 N–H and O–H groups in total. The molecular formula is C13H16ClNO3. The smallest absolute Gasteiger partial charge is 0.407 e. The number of halogens is 1. The lowest BCUT2D eigenvalue weighted by atomic mass is 9.98. The Morgan fingerprint density at radius 3 is 2.50 bits per heavy atom. The lowest BCUT2D eigenvalue weighted by molar-refractivity contribution is 0.111. The van der Waals surface area contributed by atoms with E-state index in [-0.39, 0.29) is 0 Å². The van der Waals surface area contributed by atoms with E-state index in [2.05, 4.69) is 0 Å². The summed E-state index contributed by atoms with van der Waals surface area (Å²) in [5, 5.41) is 9.53. The molecule has 4 nitrogen and oxygen atoms in total. The molecule has 0 spiro atoms. The summed E-state index contributed by atoms with van der Waals surface area (Å²) >= 11 is 5.79. The summed E-state index contributed by atoms with van der Waals surface area (Å²) in [6.07, 6.45) is 0.895. The Labute approximate surface area is 111 Å². The molecule has 0 bridgehead atoms. The zero-order valence-corrected chi connectivity index (χ0v) is 10.8. The SMILES string of the molecule is O=C(O)N1CCC(COc2ccc(Cl)cc2)CC1. The van der Waals surface area contributed by atoms with Crippen molar-refractivity contribution in [1.82, 2.24) is 4.90 Å². The Morgan fingerprint density at radius 1 is 1.33 bits per heavy atom. The van der Waals surface area contributed by atoms with Crippen molar-refractivity contribution in [1.29, 1.82) is 0 Å². The standard InChI is InChI=1S/C13H16ClNO3/c14-11-1-3-12(4-2-11)18-9-10-5-7-15(8-6-10)13(16)17/h1-4,10H,5-9H2,(H,16,17). The van der Waals surface area contributed by atoms with Crippen molar-refractivity contribution in [2.45, 2.75) is 12.8 Å². The van der Waals surface area contributed by atoms with Crippen molar-refractivity contribution < 1.29 is 14.6 Å². The van der Waals surface area contributed by atoms with Gasteiger partial charge in [-0.25, -0.2) is 4.79 Å². The molecule has 0 radical (unpaired) electrons. The van der Waals surface area contributed by atoms with Gasteiger partial charge in [-0.2, -0.15) is 0 Å². The molecule has 0 unspecified atom stereocenters. The molecule has 18 heavy (non-hydrogen) atoms. The monoisotopic (exact) mass is 269 g/mol. The molecule has 2 rings (SSSR count). The first kappa shape index (κ1) is 13.0. The van der Waals surface area contributed by atoms with Crippen LogP contribution in [0, 0.1) is 5.92 Å². The van der Waals surface area contributed by atoms with Crippen LogP contribution < -0.4 is 4.74 Å². The van der Waals surface area contributed by atoms with Crippen molar-refractivity contribution in [2.24, 2.45) is 5.92 Å². The predicted molar refractivity (Wildman–Crippen MR) is 69.3 cm³/mol. The van der Waals surface area contributed by atoms with Crippen LogP contribution in [0.5, 0.6) is 5.75 Å². The van der Waals surface area contributed by atoms with E-state index in [1.807, 2.05) is 12.1 Å². The molecule has 1 amide bonds. The second-order valence-electron chi connectivity index (χ2n) is 4.48. The second-order valence-corrected chi connectivity index (χ2v) is 4.91. The van der Waals surface area contributed by atoms with E-state index in [0.29, 0.717) is 30.6 Å². The number of carbonyl (C=O) groups is 1. The largest absolute Gasteiger partial charge is 0.493 e. The number of amides is 1. The quantitative estimate of drug-likeness (QED) is 0.917. The Hall–Kier alpha value is -1.42. The van der Waals surface area contributed by atoms with Crippen LogP contribution in [0.4, 0.5) is 4.79 Å². The number of piperidine rings is 1. The van der Waals surface area contributed by atoms with Crippen molar-refractivity contribution in [3.8, 4) is 5.75 Å². The highest BCUT2D eigenvalue weighted by Crippen LogP contribution is 2.20. The fourth-order valence-corrected chi connectivity index (χ4v) is 2.16. The number of hydrogen-bond acceptors (Lipinski definition) is 2. The maximum atomic E-state index is 10.8. The Balaban J connectivity index is 1.75. The number of likely N-dealkylation sites (tertiary alicyclic amines) is 1. The summed E-state index contributed by atoms with van der Waals surface area (Å²) in [7, 11) is 0. The van der Waals surface area contributed by atoms with Crippen LogP contribution in [0.3, 0.4) is 0 Å². The minimum atomic E-state index is -0.827. The molecule has 1 heterocycles. The highest BCUT2D eigenvalue weighted by molar-refractivity contribution is 6.30. The first-order valence-corrected chi connectivity index (χ1v) is 6.39. The molecule has 1 aliphatic heterocycles. The molecular weight excluding hydrogens is 254 g/mol.